The molecule has 0 radical (unpaired) electrons. The quantitative estimate of drug-likeness (QED) is 0.0526. The smallest absolute Gasteiger partial charge is 0.305 e. The summed E-state index contributed by atoms with van der Waals surface area (Å²) >= 11 is 1.60. The number of carbonyl (C=O) groups is 15. The van der Waals surface area contributed by atoms with E-state index >= 15 is 14.4 Å². The van der Waals surface area contributed by atoms with E-state index in [0.717, 1.165) is 34.8 Å². The highest BCUT2D eigenvalue weighted by Crippen LogP contribution is 2.26. The largest absolute Gasteiger partial charge is 0.481 e. The van der Waals surface area contributed by atoms with Gasteiger partial charge in [0.25, 0.3) is 0 Å². The molecule has 119 heavy (non-hydrogen) atoms. The van der Waals surface area contributed by atoms with Crippen LogP contribution in [0.25, 0.3) is 21.8 Å². The minimum absolute atomic E-state index is 0.0123. The molecule has 4 saturated heterocycles. The van der Waals surface area contributed by atoms with Gasteiger partial charge in [0.05, 0.1) is 49.7 Å². The molecule has 22 N–H and O–H groups in total. The highest BCUT2D eigenvalue weighted by atomic mass is 32.2. The Kier molecular flexibility index (Phi) is 33.5. The van der Waals surface area contributed by atoms with E-state index in [9.17, 15) is 94.8 Å². The van der Waals surface area contributed by atoms with Crippen LogP contribution in [0, 0.1) is 11.8 Å². The lowest BCUT2D eigenvalue weighted by atomic mass is 9.99. The summed E-state index contributed by atoms with van der Waals surface area (Å²) < 4.78 is 60.5. The molecule has 8 rings (SSSR count). The van der Waals surface area contributed by atoms with Crippen molar-refractivity contribution in [1.82, 2.24) is 87.3 Å². The van der Waals surface area contributed by atoms with Crippen molar-refractivity contribution in [1.29, 1.82) is 0 Å². The normalized spacial score (nSPS) is 28.5. The highest BCUT2D eigenvalue weighted by Gasteiger charge is 2.46. The number of aliphatic hydroxyl groups is 2. The molecule has 46 heteroatoms. The fraction of sp³-hybridized carbons (Fsp3) is 0.575. The number of carboxylic acids is 2. The van der Waals surface area contributed by atoms with Crippen LogP contribution in [0.15, 0.2) is 60.9 Å². The van der Waals surface area contributed by atoms with Gasteiger partial charge in [-0.2, -0.15) is 32.1 Å². The van der Waals surface area contributed by atoms with Gasteiger partial charge in [-0.15, -0.1) is 0 Å². The third-order valence-electron chi connectivity index (χ3n) is 20.4. The first-order valence-electron chi connectivity index (χ1n) is 38.5. The second-order valence-electron chi connectivity index (χ2n) is 30.3. The number of rotatable bonds is 15. The topological polar surface area (TPSA) is 643 Å². The molecule has 16 atom stereocenters. The first-order chi connectivity index (χ1) is 56.0. The van der Waals surface area contributed by atoms with E-state index < -0.39 is 287 Å². The fourth-order valence-corrected chi connectivity index (χ4v) is 19.7. The summed E-state index contributed by atoms with van der Waals surface area (Å²) in [7, 11) is -9.40. The number of amides is 13. The van der Waals surface area contributed by atoms with Gasteiger partial charge in [0.1, 0.15) is 72.2 Å². The number of sulfonamides is 2. The summed E-state index contributed by atoms with van der Waals surface area (Å²) in [5, 5.41) is 74.8. The second kappa shape index (κ2) is 42.2. The predicted octanol–water partition coefficient (Wildman–Crippen LogP) is -6.70. The monoisotopic (exact) mass is 1740 g/mol. The molecule has 654 valence electrons. The van der Waals surface area contributed by atoms with Gasteiger partial charge in [-0.05, 0) is 68.2 Å². The van der Waals surface area contributed by atoms with Gasteiger partial charge < -0.3 is 105 Å². The molecule has 4 aliphatic rings. The number of fused-ring (bicyclic) bond motifs is 7. The maximum atomic E-state index is 15.6. The minimum Gasteiger partial charge on any atom is -0.481 e. The standard InChI is InChI=1S/C73H105N19O23S4/c1-37(2)58-70(108)83-50(28-57(97)98)63(101)78-32-55(94)80-48(26-41-29-76-45-14-9-7-12-43(41)45)65(103)88-59(38(3)4)72(110)92-19-11-16-54(92)69(107)85-52(61(75)99)33-116-22-24-118(112,113)90-20-21-91-36-73(111,35-90)79-31-51(67(105)82-49(66(104)87-58)27-42-30-77-46-15-10-8-13-44(42)46)84-64(102)47(17-18-56(95)96)81-71(109)60(40(6)93)89-68(106)53(86-62(100)39(5)74)34-117-23-25-119(91,114)115/h7-10,12-15,29-30,37-40,47-54,58-60,76-77,79,93,111H,11,16-28,31-36,74H2,1-6H3,(H2,75,99)(H,78,101)(H,80,94)(H,81,109)(H,82,105)(H,83,108)(H,84,102)(H,85,107)(H,86,100)(H,87,104)(H,88,103)(H,89,106)(H,95,96)(H,97,98)/t39-,40+,47-,48-,49-,50-,51-,52-,53-,54-,58-,59-,60-,73?/m0/s1. The average molecular weight is 1750 g/mol. The Morgan fingerprint density at radius 1 is 0.588 bits per heavy atom. The van der Waals surface area contributed by atoms with Crippen molar-refractivity contribution >= 4 is 154 Å². The van der Waals surface area contributed by atoms with Crippen LogP contribution in [-0.2, 0) is 105 Å². The van der Waals surface area contributed by atoms with Crippen molar-refractivity contribution in [3.05, 3.63) is 72.1 Å². The summed E-state index contributed by atoms with van der Waals surface area (Å²) in [6, 6.07) is -6.82. The van der Waals surface area contributed by atoms with Crippen LogP contribution in [0.3, 0.4) is 0 Å². The summed E-state index contributed by atoms with van der Waals surface area (Å²) in [6.07, 6.45) is -2.00. The molecule has 4 aliphatic heterocycles. The maximum Gasteiger partial charge on any atom is 0.305 e. The van der Waals surface area contributed by atoms with Crippen molar-refractivity contribution in [2.24, 2.45) is 23.3 Å². The van der Waals surface area contributed by atoms with Crippen molar-refractivity contribution < 1.29 is 109 Å². The number of carboxylic acid groups (broad SMARTS) is 2. The summed E-state index contributed by atoms with van der Waals surface area (Å²) in [6.45, 7) is 2.93. The van der Waals surface area contributed by atoms with E-state index in [1.54, 1.807) is 68.6 Å². The number of aliphatic hydroxyl groups excluding tert-OH is 1. The number of benzene rings is 2. The number of carbonyl (C=O) groups excluding carboxylic acids is 13. The van der Waals surface area contributed by atoms with Gasteiger partial charge in [0.15, 0.2) is 0 Å². The van der Waals surface area contributed by atoms with Crippen molar-refractivity contribution in [2.75, 3.05) is 80.3 Å². The molecule has 3 unspecified atom stereocenters. The van der Waals surface area contributed by atoms with Crippen molar-refractivity contribution in [3.63, 3.8) is 0 Å². The van der Waals surface area contributed by atoms with E-state index in [-0.39, 0.29) is 43.1 Å². The third kappa shape index (κ3) is 26.2. The lowest BCUT2D eigenvalue weighted by Gasteiger charge is -2.35. The number of H-pyrrole nitrogens is 2. The number of nitrogens with zero attached hydrogens (tertiary/aromatic N) is 3. The highest BCUT2D eigenvalue weighted by molar-refractivity contribution is 8.00. The van der Waals surface area contributed by atoms with E-state index in [4.69, 9.17) is 11.5 Å². The fourth-order valence-electron chi connectivity index (χ4n) is 13.7. The van der Waals surface area contributed by atoms with Crippen molar-refractivity contribution in [3.8, 4) is 0 Å². The summed E-state index contributed by atoms with van der Waals surface area (Å²) in [5.74, 6) is -22.4. The molecule has 0 saturated carbocycles. The van der Waals surface area contributed by atoms with E-state index in [1.807, 2.05) is 0 Å². The van der Waals surface area contributed by atoms with Gasteiger partial charge in [-0.1, -0.05) is 64.1 Å². The number of primary amides is 1. The van der Waals surface area contributed by atoms with Crippen LogP contribution < -0.4 is 75.3 Å². The summed E-state index contributed by atoms with van der Waals surface area (Å²) in [4.78, 5) is 220. The Balaban J connectivity index is 1.22. The molecule has 2 aromatic heterocycles. The lowest BCUT2D eigenvalue weighted by Crippen LogP contribution is -2.65. The number of aromatic amines is 2. The number of aliphatic carboxylic acids is 2. The number of hydrogen-bond donors (Lipinski definition) is 20. The van der Waals surface area contributed by atoms with Gasteiger partial charge >= 0.3 is 11.9 Å². The SMILES string of the molecule is CC(C)[C@@H]1NC(=O)[C@H](Cc2c[nH]c3ccccc23)NC(=O)[C@@H]2CNC3(O)CN(CCN(C3)S(=O)(=O)CCSC[C@H](NC(=O)[C@H](C)N)C(=O)N[C@@H]([C@@H](C)O)C(=O)N[C@@H](CCC(=O)O)C(=O)N2)S(=O)(=O)CCSC[C@@H](C(N)=O)NC(=O)[C@@H]2CCCN2C(=O)[C@H](C(C)C)NC(=O)[C@H](Cc2c[nH]c3ccccc23)NC(=O)CNC(=O)[C@H](CC(=O)O)NC1=O. The van der Waals surface area contributed by atoms with Gasteiger partial charge in [0.2, 0.25) is 96.8 Å². The zero-order chi connectivity index (χ0) is 87.5. The molecular formula is C73H105N19O23S4. The first-order valence-corrected chi connectivity index (χ1v) is 44.0. The number of hydrogen-bond acceptors (Lipinski definition) is 25. The van der Waals surface area contributed by atoms with Crippen LogP contribution in [0.2, 0.25) is 0 Å². The molecule has 4 bridgehead atoms. The Morgan fingerprint density at radius 2 is 1.10 bits per heavy atom. The number of aromatic nitrogens is 2. The zero-order valence-corrected chi connectivity index (χ0v) is 69.5. The van der Waals surface area contributed by atoms with Crippen LogP contribution in [0.1, 0.15) is 84.8 Å². The van der Waals surface area contributed by atoms with Gasteiger partial charge in [-0.3, -0.25) is 77.2 Å². The van der Waals surface area contributed by atoms with Crippen LogP contribution in [0.5, 0.6) is 0 Å². The Hall–Kier alpha value is -10.1. The summed E-state index contributed by atoms with van der Waals surface area (Å²) in [5.41, 5.74) is 10.8. The molecule has 4 aromatic rings. The minimum atomic E-state index is -4.72. The van der Waals surface area contributed by atoms with Gasteiger partial charge in [0, 0.05) is 103 Å². The molecule has 0 spiro atoms. The van der Waals surface area contributed by atoms with Gasteiger partial charge in [-0.25, -0.2) is 16.8 Å². The van der Waals surface area contributed by atoms with E-state index in [1.165, 1.54) is 31.9 Å². The van der Waals surface area contributed by atoms with Crippen LogP contribution in [0.4, 0.5) is 0 Å². The third-order valence-corrected chi connectivity index (χ3v) is 26.6. The van der Waals surface area contributed by atoms with E-state index in [2.05, 4.69) is 73.8 Å². The van der Waals surface area contributed by atoms with Crippen molar-refractivity contribution in [2.45, 2.75) is 171 Å². The molecule has 2 aromatic carbocycles. The number of nitrogens with one attached hydrogen (secondary N) is 14. The zero-order valence-electron chi connectivity index (χ0n) is 66.3. The van der Waals surface area contributed by atoms with Crippen LogP contribution >= 0.6 is 23.5 Å². The first kappa shape index (κ1) is 94.4. The molecule has 6 heterocycles. The number of nitrogens with two attached hydrogens (primary N) is 2. The predicted molar refractivity (Wildman–Crippen MR) is 433 cm³/mol. The molecule has 0 aliphatic carbocycles. The molecule has 13 amide bonds. The molecule has 42 nitrogen and oxygen atoms in total. The maximum absolute atomic E-state index is 15.6. The Labute approximate surface area is 693 Å². The second-order valence-corrected chi connectivity index (χ2v) is 36.8. The Morgan fingerprint density at radius 3 is 1.64 bits per heavy atom. The Bertz CT molecular complexity index is 4660. The van der Waals surface area contributed by atoms with Crippen LogP contribution in [-0.4, -0.2) is 314 Å². The number of thioether (sulfide) groups is 2. The average Bonchev–Trinajstić information content (AvgIpc) is 1.68. The molecule has 4 fully saturated rings. The number of para-hydroxylation sites is 2. The lowest BCUT2D eigenvalue weighted by molar-refractivity contribution is -0.143. The molecular weight excluding hydrogens is 1640 g/mol. The van der Waals surface area contributed by atoms with E-state index in [0.29, 0.717) is 37.2 Å².